The van der Waals surface area contributed by atoms with Crippen molar-refractivity contribution in [2.75, 3.05) is 26.3 Å². The molecule has 1 aromatic carbocycles. The van der Waals surface area contributed by atoms with Gasteiger partial charge < -0.3 is 25.2 Å². The lowest BCUT2D eigenvalue weighted by molar-refractivity contribution is 0.143. The van der Waals surface area contributed by atoms with E-state index >= 15 is 0 Å². The molecule has 2 aliphatic heterocycles. The van der Waals surface area contributed by atoms with Gasteiger partial charge in [-0.1, -0.05) is 12.6 Å². The van der Waals surface area contributed by atoms with Crippen molar-refractivity contribution in [3.8, 4) is 11.5 Å². The number of fused-ring (bicyclic) bond motifs is 1. The molecule has 2 atom stereocenters. The monoisotopic (exact) mass is 290 g/mol. The fraction of sp³-hybridized carbons (Fsp3) is 0.500. The van der Waals surface area contributed by atoms with Gasteiger partial charge in [0.1, 0.15) is 13.2 Å². The first-order chi connectivity index (χ1) is 10.2. The van der Waals surface area contributed by atoms with Crippen LogP contribution in [0.4, 0.5) is 0 Å². The number of hydrogen-bond acceptors (Lipinski definition) is 5. The Morgan fingerprint density at radius 1 is 1.19 bits per heavy atom. The molecule has 0 aliphatic carbocycles. The summed E-state index contributed by atoms with van der Waals surface area (Å²) < 4.78 is 11.0. The number of nitrogens with two attached hydrogens (primary N) is 1. The summed E-state index contributed by atoms with van der Waals surface area (Å²) in [5.41, 5.74) is 7.71. The highest BCUT2D eigenvalue weighted by atomic mass is 16.6. The molecule has 0 radical (unpaired) electrons. The van der Waals surface area contributed by atoms with E-state index in [0.717, 1.165) is 37.2 Å². The van der Waals surface area contributed by atoms with Crippen LogP contribution in [0.3, 0.4) is 0 Å². The molecule has 1 aromatic rings. The van der Waals surface area contributed by atoms with Crippen molar-refractivity contribution in [1.29, 1.82) is 0 Å². The summed E-state index contributed by atoms with van der Waals surface area (Å²) in [6, 6.07) is 4.94. The van der Waals surface area contributed by atoms with Gasteiger partial charge in [-0.3, -0.25) is 0 Å². The highest BCUT2D eigenvalue weighted by Gasteiger charge is 2.26. The molecule has 2 heterocycles. The average Bonchev–Trinajstić information content (AvgIpc) is 3.06. The maximum absolute atomic E-state index is 10.5. The topological polar surface area (TPSA) is 68.0 Å². The number of hydrogen-bond donors (Lipinski definition) is 2. The van der Waals surface area contributed by atoms with Crippen molar-refractivity contribution in [1.82, 2.24) is 4.90 Å². The molecule has 114 valence electrons. The van der Waals surface area contributed by atoms with Gasteiger partial charge >= 0.3 is 0 Å². The maximum atomic E-state index is 10.5. The Morgan fingerprint density at radius 2 is 1.86 bits per heavy atom. The maximum Gasteiger partial charge on any atom is 0.161 e. The number of rotatable bonds is 4. The van der Waals surface area contributed by atoms with Crippen LogP contribution >= 0.6 is 0 Å². The zero-order valence-electron chi connectivity index (χ0n) is 12.1. The SMILES string of the molecule is C=C([C@H](N)[C@@H](O)c1ccc2c(c1)OCCO2)N1CCCC1. The largest absolute Gasteiger partial charge is 0.486 e. The molecule has 0 bridgehead atoms. The van der Waals surface area contributed by atoms with Crippen LogP contribution in [-0.2, 0) is 0 Å². The Morgan fingerprint density at radius 3 is 2.57 bits per heavy atom. The molecular weight excluding hydrogens is 268 g/mol. The smallest absolute Gasteiger partial charge is 0.161 e. The van der Waals surface area contributed by atoms with Gasteiger partial charge in [0.2, 0.25) is 0 Å². The van der Waals surface area contributed by atoms with Gasteiger partial charge in [0.05, 0.1) is 12.1 Å². The third kappa shape index (κ3) is 2.84. The van der Waals surface area contributed by atoms with Crippen LogP contribution in [-0.4, -0.2) is 42.4 Å². The van der Waals surface area contributed by atoms with Crippen molar-refractivity contribution in [2.24, 2.45) is 5.73 Å². The summed E-state index contributed by atoms with van der Waals surface area (Å²) in [6.07, 6.45) is 1.52. The highest BCUT2D eigenvalue weighted by molar-refractivity contribution is 5.45. The molecule has 0 saturated carbocycles. The van der Waals surface area contributed by atoms with E-state index in [-0.39, 0.29) is 0 Å². The van der Waals surface area contributed by atoms with E-state index in [2.05, 4.69) is 11.5 Å². The number of aliphatic hydroxyl groups excluding tert-OH is 1. The first kappa shape index (κ1) is 14.2. The standard InChI is InChI=1S/C16H22N2O3/c1-11(18-6-2-3-7-18)15(17)16(19)12-4-5-13-14(10-12)21-9-8-20-13/h4-5,10,15-16,19H,1-3,6-9,17H2/t15-,16-/m0/s1. The molecule has 1 saturated heterocycles. The second kappa shape index (κ2) is 5.95. The number of ether oxygens (including phenoxy) is 2. The Hall–Kier alpha value is -1.72. The number of likely N-dealkylation sites (tertiary alicyclic amines) is 1. The molecular formula is C16H22N2O3. The Bertz CT molecular complexity index is 526. The van der Waals surface area contributed by atoms with Crippen molar-refractivity contribution >= 4 is 0 Å². The predicted octanol–water partition coefficient (Wildman–Crippen LogP) is 1.43. The van der Waals surface area contributed by atoms with E-state index in [4.69, 9.17) is 15.2 Å². The molecule has 21 heavy (non-hydrogen) atoms. The molecule has 1 fully saturated rings. The fourth-order valence-corrected chi connectivity index (χ4v) is 2.85. The van der Waals surface area contributed by atoms with E-state index < -0.39 is 12.1 Å². The fourth-order valence-electron chi connectivity index (χ4n) is 2.85. The second-order valence-corrected chi connectivity index (χ2v) is 5.56. The lowest BCUT2D eigenvalue weighted by atomic mass is 9.99. The third-order valence-corrected chi connectivity index (χ3v) is 4.14. The lowest BCUT2D eigenvalue weighted by Gasteiger charge is -2.29. The summed E-state index contributed by atoms with van der Waals surface area (Å²) in [7, 11) is 0. The highest BCUT2D eigenvalue weighted by Crippen LogP contribution is 2.34. The predicted molar refractivity (Wildman–Crippen MR) is 80.3 cm³/mol. The molecule has 0 spiro atoms. The zero-order chi connectivity index (χ0) is 14.8. The summed E-state index contributed by atoms with van der Waals surface area (Å²) in [5, 5.41) is 10.5. The number of benzene rings is 1. The van der Waals surface area contributed by atoms with Crippen LogP contribution in [0.1, 0.15) is 24.5 Å². The van der Waals surface area contributed by atoms with Crippen LogP contribution < -0.4 is 15.2 Å². The van der Waals surface area contributed by atoms with Gasteiger partial charge in [-0.2, -0.15) is 0 Å². The van der Waals surface area contributed by atoms with Gasteiger partial charge in [-0.25, -0.2) is 0 Å². The average molecular weight is 290 g/mol. The first-order valence-electron chi connectivity index (χ1n) is 7.44. The zero-order valence-corrected chi connectivity index (χ0v) is 12.1. The number of aliphatic hydroxyl groups is 1. The molecule has 0 aromatic heterocycles. The van der Waals surface area contributed by atoms with E-state index in [1.165, 1.54) is 0 Å². The van der Waals surface area contributed by atoms with Crippen LogP contribution in [0.15, 0.2) is 30.5 Å². The van der Waals surface area contributed by atoms with Gasteiger partial charge in [0.25, 0.3) is 0 Å². The summed E-state index contributed by atoms with van der Waals surface area (Å²) in [4.78, 5) is 2.16. The molecule has 3 rings (SSSR count). The van der Waals surface area contributed by atoms with Gasteiger partial charge in [0, 0.05) is 18.8 Å². The van der Waals surface area contributed by atoms with Crippen LogP contribution in [0.2, 0.25) is 0 Å². The summed E-state index contributed by atoms with van der Waals surface area (Å²) in [6.45, 7) is 7.08. The Kier molecular flexibility index (Phi) is 4.03. The summed E-state index contributed by atoms with van der Waals surface area (Å²) in [5.74, 6) is 1.38. The molecule has 0 unspecified atom stereocenters. The minimum atomic E-state index is -0.797. The molecule has 0 amide bonds. The van der Waals surface area contributed by atoms with Crippen LogP contribution in [0, 0.1) is 0 Å². The van der Waals surface area contributed by atoms with Gasteiger partial charge in [0.15, 0.2) is 11.5 Å². The normalized spacial score (nSPS) is 20.2. The lowest BCUT2D eigenvalue weighted by Crippen LogP contribution is -2.37. The minimum Gasteiger partial charge on any atom is -0.486 e. The molecule has 2 aliphatic rings. The third-order valence-electron chi connectivity index (χ3n) is 4.14. The van der Waals surface area contributed by atoms with Gasteiger partial charge in [-0.05, 0) is 30.5 Å². The van der Waals surface area contributed by atoms with E-state index in [9.17, 15) is 5.11 Å². The van der Waals surface area contributed by atoms with E-state index in [1.54, 1.807) is 6.07 Å². The minimum absolute atomic E-state index is 0.509. The van der Waals surface area contributed by atoms with E-state index in [0.29, 0.717) is 24.7 Å². The quantitative estimate of drug-likeness (QED) is 0.878. The van der Waals surface area contributed by atoms with Crippen molar-refractivity contribution < 1.29 is 14.6 Å². The van der Waals surface area contributed by atoms with Gasteiger partial charge in [-0.15, -0.1) is 0 Å². The van der Waals surface area contributed by atoms with Crippen molar-refractivity contribution in [3.05, 3.63) is 36.0 Å². The molecule has 5 heteroatoms. The van der Waals surface area contributed by atoms with Crippen LogP contribution in [0.25, 0.3) is 0 Å². The second-order valence-electron chi connectivity index (χ2n) is 5.56. The number of nitrogens with zero attached hydrogens (tertiary/aromatic N) is 1. The molecule has 3 N–H and O–H groups in total. The summed E-state index contributed by atoms with van der Waals surface area (Å²) >= 11 is 0. The first-order valence-corrected chi connectivity index (χ1v) is 7.44. The van der Waals surface area contributed by atoms with E-state index in [1.807, 2.05) is 12.1 Å². The van der Waals surface area contributed by atoms with Crippen LogP contribution in [0.5, 0.6) is 11.5 Å². The Balaban J connectivity index is 1.74. The Labute approximate surface area is 125 Å². The van der Waals surface area contributed by atoms with Crippen molar-refractivity contribution in [3.63, 3.8) is 0 Å². The molecule has 5 nitrogen and oxygen atoms in total. The van der Waals surface area contributed by atoms with Crippen molar-refractivity contribution in [2.45, 2.75) is 25.0 Å².